The molecule has 3 amide bonds. The summed E-state index contributed by atoms with van der Waals surface area (Å²) in [5.41, 5.74) is -0.526. The number of rotatable bonds is 6. The molecule has 2 heterocycles. The highest BCUT2D eigenvalue weighted by atomic mass is 16.6. The Hall–Kier alpha value is -3.02. The van der Waals surface area contributed by atoms with Crippen LogP contribution in [0.15, 0.2) is 12.2 Å². The van der Waals surface area contributed by atoms with Crippen LogP contribution in [-0.2, 0) is 19.1 Å². The van der Waals surface area contributed by atoms with E-state index in [1.807, 2.05) is 26.8 Å². The lowest BCUT2D eigenvalue weighted by Crippen LogP contribution is -2.47. The molecule has 2 fully saturated rings. The van der Waals surface area contributed by atoms with Gasteiger partial charge in [0.1, 0.15) is 11.6 Å². The molecule has 9 nitrogen and oxygen atoms in total. The maximum Gasteiger partial charge on any atom is 0.410 e. The maximum absolute atomic E-state index is 12.7. The van der Waals surface area contributed by atoms with Crippen molar-refractivity contribution >= 4 is 23.9 Å². The van der Waals surface area contributed by atoms with Crippen molar-refractivity contribution < 1.29 is 29.0 Å². The topological polar surface area (TPSA) is 116 Å². The number of hydrogen-bond acceptors (Lipinski definition) is 5. The number of aliphatic carboxylic acids is 1. The molecular formula is C24H35N3O6. The van der Waals surface area contributed by atoms with E-state index in [0.29, 0.717) is 32.5 Å². The van der Waals surface area contributed by atoms with Gasteiger partial charge in [0, 0.05) is 26.2 Å². The van der Waals surface area contributed by atoms with E-state index >= 15 is 0 Å². The number of amides is 3. The van der Waals surface area contributed by atoms with Gasteiger partial charge in [0.25, 0.3) is 0 Å². The highest BCUT2D eigenvalue weighted by molar-refractivity contribution is 5.88. The molecule has 33 heavy (non-hydrogen) atoms. The number of carbonyl (C=O) groups is 4. The monoisotopic (exact) mass is 461 g/mol. The minimum Gasteiger partial charge on any atom is -0.481 e. The molecule has 2 atom stereocenters. The van der Waals surface area contributed by atoms with Crippen molar-refractivity contribution in [2.45, 2.75) is 64.5 Å². The molecule has 0 aromatic rings. The molecular weight excluding hydrogens is 426 g/mol. The highest BCUT2D eigenvalue weighted by Gasteiger charge is 2.30. The second-order valence-corrected chi connectivity index (χ2v) is 9.61. The Balaban J connectivity index is 1.82. The lowest BCUT2D eigenvalue weighted by atomic mass is 9.95. The summed E-state index contributed by atoms with van der Waals surface area (Å²) < 4.78 is 5.40. The summed E-state index contributed by atoms with van der Waals surface area (Å²) in [6.45, 7) is 7.51. The van der Waals surface area contributed by atoms with E-state index in [1.54, 1.807) is 15.9 Å². The number of allylic oxidation sites excluding steroid dienone is 1. The number of likely N-dealkylation sites (tertiary alicyclic amines) is 2. The van der Waals surface area contributed by atoms with E-state index in [4.69, 9.17) is 16.3 Å². The van der Waals surface area contributed by atoms with Crippen LogP contribution < -0.4 is 5.32 Å². The summed E-state index contributed by atoms with van der Waals surface area (Å²) in [5.74, 6) is 0.499. The van der Waals surface area contributed by atoms with Gasteiger partial charge in [0.2, 0.25) is 11.8 Å². The smallest absolute Gasteiger partial charge is 0.410 e. The molecule has 2 aliphatic heterocycles. The predicted octanol–water partition coefficient (Wildman–Crippen LogP) is 2.02. The molecule has 0 bridgehead atoms. The summed E-state index contributed by atoms with van der Waals surface area (Å²) in [4.78, 5) is 51.5. The lowest BCUT2D eigenvalue weighted by Gasteiger charge is -2.33. The third-order valence-corrected chi connectivity index (χ3v) is 5.70. The molecule has 2 saturated heterocycles. The van der Waals surface area contributed by atoms with Crippen LogP contribution in [0.1, 0.15) is 52.9 Å². The van der Waals surface area contributed by atoms with Gasteiger partial charge in [-0.1, -0.05) is 12.0 Å². The van der Waals surface area contributed by atoms with Crippen molar-refractivity contribution in [1.29, 1.82) is 0 Å². The number of carboxylic acid groups (broad SMARTS) is 1. The zero-order chi connectivity index (χ0) is 24.6. The Kier molecular flexibility index (Phi) is 9.32. The van der Waals surface area contributed by atoms with Gasteiger partial charge in [0.15, 0.2) is 0 Å². The fourth-order valence-corrected chi connectivity index (χ4v) is 3.93. The molecule has 9 heteroatoms. The van der Waals surface area contributed by atoms with Crippen LogP contribution >= 0.6 is 0 Å². The highest BCUT2D eigenvalue weighted by Crippen LogP contribution is 2.22. The second kappa shape index (κ2) is 11.7. The molecule has 2 N–H and O–H groups in total. The first-order valence-corrected chi connectivity index (χ1v) is 11.4. The van der Waals surface area contributed by atoms with Crippen molar-refractivity contribution in [2.24, 2.45) is 11.8 Å². The van der Waals surface area contributed by atoms with Gasteiger partial charge < -0.3 is 25.0 Å². The van der Waals surface area contributed by atoms with Gasteiger partial charge in [-0.3, -0.25) is 14.4 Å². The number of ether oxygens (including phenoxy) is 1. The molecule has 1 unspecified atom stereocenters. The molecule has 182 valence electrons. The number of carboxylic acids is 1. The molecule has 0 aromatic heterocycles. The normalized spacial score (nSPS) is 20.7. The predicted molar refractivity (Wildman–Crippen MR) is 122 cm³/mol. The molecule has 0 radical (unpaired) electrons. The van der Waals surface area contributed by atoms with Gasteiger partial charge in [-0.25, -0.2) is 4.79 Å². The molecule has 2 rings (SSSR count). The van der Waals surface area contributed by atoms with E-state index in [2.05, 4.69) is 11.2 Å². The maximum atomic E-state index is 12.7. The molecule has 0 saturated carbocycles. The quantitative estimate of drug-likeness (QED) is 0.462. The summed E-state index contributed by atoms with van der Waals surface area (Å²) in [7, 11) is 0. The molecule has 0 aliphatic carbocycles. The van der Waals surface area contributed by atoms with E-state index in [0.717, 1.165) is 12.8 Å². The van der Waals surface area contributed by atoms with Gasteiger partial charge in [-0.15, -0.1) is 6.42 Å². The molecule has 0 aromatic carbocycles. The first-order valence-electron chi connectivity index (χ1n) is 11.4. The second-order valence-electron chi connectivity index (χ2n) is 9.61. The molecule has 0 spiro atoms. The van der Waals surface area contributed by atoms with Crippen LogP contribution in [0.25, 0.3) is 0 Å². The molecule has 2 aliphatic rings. The fraction of sp³-hybridized carbons (Fsp3) is 0.667. The van der Waals surface area contributed by atoms with E-state index < -0.39 is 23.5 Å². The standard InChI is InChI=1S/C24H35N3O6/c1-5-19(15-21(29)30)25-22(31)18-7-6-12-27(16-18)20(28)9-8-17-10-13-26(14-11-17)23(32)33-24(2,3)4/h1,8-9,17-19H,6-7,10-16H2,2-4H3,(H,25,31)(H,29,30)/b9-8+/t18?,19-/m0/s1. The van der Waals surface area contributed by atoms with Crippen molar-refractivity contribution in [3.8, 4) is 12.3 Å². The van der Waals surface area contributed by atoms with E-state index in [-0.39, 0.29) is 36.8 Å². The van der Waals surface area contributed by atoms with Crippen molar-refractivity contribution in [2.75, 3.05) is 26.2 Å². The summed E-state index contributed by atoms with van der Waals surface area (Å²) in [6, 6.07) is -0.868. The van der Waals surface area contributed by atoms with Crippen LogP contribution in [0.3, 0.4) is 0 Å². The Bertz CT molecular complexity index is 802. The summed E-state index contributed by atoms with van der Waals surface area (Å²) in [5, 5.41) is 11.5. The van der Waals surface area contributed by atoms with Crippen LogP contribution in [-0.4, -0.2) is 76.6 Å². The Morgan fingerprint density at radius 3 is 2.39 bits per heavy atom. The average Bonchev–Trinajstić information content (AvgIpc) is 2.75. The first-order chi connectivity index (χ1) is 15.5. The Morgan fingerprint density at radius 1 is 1.15 bits per heavy atom. The SMILES string of the molecule is C#C[C@@H](CC(=O)O)NC(=O)C1CCCN(C(=O)/C=C/C2CCN(C(=O)OC(C)(C)C)CC2)C1. The Morgan fingerprint density at radius 2 is 1.82 bits per heavy atom. The van der Waals surface area contributed by atoms with Crippen LogP contribution in [0, 0.1) is 24.2 Å². The minimum atomic E-state index is -1.08. The van der Waals surface area contributed by atoms with Gasteiger partial charge in [-0.2, -0.15) is 0 Å². The third-order valence-electron chi connectivity index (χ3n) is 5.70. The van der Waals surface area contributed by atoms with Gasteiger partial charge in [-0.05, 0) is 58.4 Å². The largest absolute Gasteiger partial charge is 0.481 e. The number of nitrogens with one attached hydrogen (secondary N) is 1. The number of piperidine rings is 2. The Labute approximate surface area is 195 Å². The minimum absolute atomic E-state index is 0.152. The average molecular weight is 462 g/mol. The summed E-state index contributed by atoms with van der Waals surface area (Å²) >= 11 is 0. The fourth-order valence-electron chi connectivity index (χ4n) is 3.93. The number of nitrogens with zero attached hydrogens (tertiary/aromatic N) is 2. The van der Waals surface area contributed by atoms with Crippen molar-refractivity contribution in [3.63, 3.8) is 0 Å². The number of hydrogen-bond donors (Lipinski definition) is 2. The van der Waals surface area contributed by atoms with E-state index in [1.165, 1.54) is 0 Å². The lowest BCUT2D eigenvalue weighted by molar-refractivity contribution is -0.137. The first kappa shape index (κ1) is 26.2. The van der Waals surface area contributed by atoms with Crippen molar-refractivity contribution in [3.05, 3.63) is 12.2 Å². The van der Waals surface area contributed by atoms with Crippen molar-refractivity contribution in [1.82, 2.24) is 15.1 Å². The van der Waals surface area contributed by atoms with Crippen LogP contribution in [0.4, 0.5) is 4.79 Å². The zero-order valence-corrected chi connectivity index (χ0v) is 19.7. The zero-order valence-electron chi connectivity index (χ0n) is 19.7. The van der Waals surface area contributed by atoms with Gasteiger partial charge in [0.05, 0.1) is 12.3 Å². The van der Waals surface area contributed by atoms with Crippen LogP contribution in [0.2, 0.25) is 0 Å². The summed E-state index contributed by atoms with van der Waals surface area (Å²) in [6.07, 6.45) is 10.9. The number of carbonyl (C=O) groups excluding carboxylic acids is 3. The van der Waals surface area contributed by atoms with Crippen LogP contribution in [0.5, 0.6) is 0 Å². The van der Waals surface area contributed by atoms with Gasteiger partial charge >= 0.3 is 12.1 Å². The third kappa shape index (κ3) is 8.79. The number of terminal acetylenes is 1. The van der Waals surface area contributed by atoms with E-state index in [9.17, 15) is 19.2 Å².